The highest BCUT2D eigenvalue weighted by Gasteiger charge is 2.15. The minimum atomic E-state index is -0.0781. The molecule has 2 heterocycles. The summed E-state index contributed by atoms with van der Waals surface area (Å²) in [6.07, 6.45) is 1.72. The second-order valence-electron chi connectivity index (χ2n) is 4.67. The van der Waals surface area contributed by atoms with Crippen molar-refractivity contribution in [3.8, 4) is 0 Å². The molecule has 2 N–H and O–H groups in total. The van der Waals surface area contributed by atoms with E-state index in [1.807, 2.05) is 49.4 Å². The molecule has 4 nitrogen and oxygen atoms in total. The molecule has 4 heteroatoms. The van der Waals surface area contributed by atoms with E-state index >= 15 is 0 Å². The molecule has 3 rings (SSSR count). The predicted molar refractivity (Wildman–Crippen MR) is 78.4 cm³/mol. The van der Waals surface area contributed by atoms with E-state index in [9.17, 15) is 4.79 Å². The number of aromatic amines is 1. The highest BCUT2D eigenvalue weighted by atomic mass is 16.1. The van der Waals surface area contributed by atoms with Gasteiger partial charge < -0.3 is 10.3 Å². The fourth-order valence-electron chi connectivity index (χ4n) is 2.33. The quantitative estimate of drug-likeness (QED) is 0.765. The van der Waals surface area contributed by atoms with E-state index in [1.165, 1.54) is 0 Å². The van der Waals surface area contributed by atoms with Gasteiger partial charge in [0.1, 0.15) is 0 Å². The van der Waals surface area contributed by atoms with Crippen LogP contribution in [0, 0.1) is 6.92 Å². The molecule has 1 amide bonds. The molecule has 0 aliphatic heterocycles. The van der Waals surface area contributed by atoms with Crippen LogP contribution >= 0.6 is 0 Å². The van der Waals surface area contributed by atoms with E-state index in [0.717, 1.165) is 22.3 Å². The van der Waals surface area contributed by atoms with Crippen molar-refractivity contribution in [3.63, 3.8) is 0 Å². The Kier molecular flexibility index (Phi) is 3.21. The van der Waals surface area contributed by atoms with Crippen LogP contribution in [-0.4, -0.2) is 15.9 Å². The zero-order chi connectivity index (χ0) is 13.9. The monoisotopic (exact) mass is 265 g/mol. The van der Waals surface area contributed by atoms with Gasteiger partial charge in [0.15, 0.2) is 0 Å². The lowest BCUT2D eigenvalue weighted by Crippen LogP contribution is -2.23. The van der Waals surface area contributed by atoms with Gasteiger partial charge in [-0.25, -0.2) is 0 Å². The Morgan fingerprint density at radius 3 is 2.80 bits per heavy atom. The summed E-state index contributed by atoms with van der Waals surface area (Å²) < 4.78 is 0. The number of H-pyrrole nitrogens is 1. The number of nitrogens with one attached hydrogen (secondary N) is 2. The maximum absolute atomic E-state index is 12.4. The summed E-state index contributed by atoms with van der Waals surface area (Å²) in [7, 11) is 0. The van der Waals surface area contributed by atoms with Crippen molar-refractivity contribution in [2.45, 2.75) is 13.5 Å². The van der Waals surface area contributed by atoms with Gasteiger partial charge in [-0.05, 0) is 25.1 Å². The zero-order valence-electron chi connectivity index (χ0n) is 11.2. The predicted octanol–water partition coefficient (Wildman–Crippen LogP) is 2.80. The molecule has 0 aliphatic rings. The normalized spacial score (nSPS) is 10.7. The van der Waals surface area contributed by atoms with Crippen molar-refractivity contribution >= 4 is 16.8 Å². The van der Waals surface area contributed by atoms with Gasteiger partial charge in [-0.3, -0.25) is 9.78 Å². The number of aryl methyl sites for hydroxylation is 1. The highest BCUT2D eigenvalue weighted by Crippen LogP contribution is 2.21. The number of aromatic nitrogens is 2. The summed E-state index contributed by atoms with van der Waals surface area (Å²) in [4.78, 5) is 19.8. The van der Waals surface area contributed by atoms with E-state index in [-0.39, 0.29) is 5.91 Å². The maximum Gasteiger partial charge on any atom is 0.254 e. The SMILES string of the molecule is Cc1[nH]c2ccccc2c1C(=O)NCc1ccccn1. The molecule has 0 fully saturated rings. The standard InChI is InChI=1S/C16H15N3O/c1-11-15(13-7-2-3-8-14(13)19-11)16(20)18-10-12-6-4-5-9-17-12/h2-9,19H,10H2,1H3,(H,18,20). The Bertz CT molecular complexity index is 747. The summed E-state index contributed by atoms with van der Waals surface area (Å²) in [5.41, 5.74) is 3.41. The summed E-state index contributed by atoms with van der Waals surface area (Å²) in [6, 6.07) is 13.5. The van der Waals surface area contributed by atoms with Gasteiger partial charge in [0, 0.05) is 22.8 Å². The molecule has 0 spiro atoms. The Balaban J connectivity index is 1.84. The number of carbonyl (C=O) groups is 1. The smallest absolute Gasteiger partial charge is 0.254 e. The van der Waals surface area contributed by atoms with Gasteiger partial charge in [-0.15, -0.1) is 0 Å². The lowest BCUT2D eigenvalue weighted by atomic mass is 10.1. The van der Waals surface area contributed by atoms with Crippen molar-refractivity contribution in [1.82, 2.24) is 15.3 Å². The summed E-state index contributed by atoms with van der Waals surface area (Å²) in [6.45, 7) is 2.34. The third-order valence-corrected chi connectivity index (χ3v) is 3.28. The van der Waals surface area contributed by atoms with E-state index in [0.29, 0.717) is 12.1 Å². The topological polar surface area (TPSA) is 57.8 Å². The van der Waals surface area contributed by atoms with Crippen molar-refractivity contribution in [3.05, 3.63) is 65.6 Å². The largest absolute Gasteiger partial charge is 0.358 e. The third kappa shape index (κ3) is 2.28. The van der Waals surface area contributed by atoms with Crippen molar-refractivity contribution in [2.75, 3.05) is 0 Å². The molecule has 0 unspecified atom stereocenters. The Morgan fingerprint density at radius 2 is 2.00 bits per heavy atom. The summed E-state index contributed by atoms with van der Waals surface area (Å²) in [5.74, 6) is -0.0781. The van der Waals surface area contributed by atoms with E-state index < -0.39 is 0 Å². The van der Waals surface area contributed by atoms with Crippen LogP contribution in [-0.2, 0) is 6.54 Å². The first-order valence-electron chi connectivity index (χ1n) is 6.51. The van der Waals surface area contributed by atoms with E-state index in [4.69, 9.17) is 0 Å². The first kappa shape index (κ1) is 12.4. The second kappa shape index (κ2) is 5.17. The molecule has 3 aromatic rings. The minimum absolute atomic E-state index is 0.0781. The van der Waals surface area contributed by atoms with Gasteiger partial charge >= 0.3 is 0 Å². The van der Waals surface area contributed by atoms with Crippen LogP contribution in [0.15, 0.2) is 48.7 Å². The lowest BCUT2D eigenvalue weighted by Gasteiger charge is -2.05. The number of hydrogen-bond donors (Lipinski definition) is 2. The Hall–Kier alpha value is -2.62. The van der Waals surface area contributed by atoms with Crippen LogP contribution in [0.4, 0.5) is 0 Å². The average Bonchev–Trinajstić information content (AvgIpc) is 2.82. The molecule has 2 aromatic heterocycles. The third-order valence-electron chi connectivity index (χ3n) is 3.28. The zero-order valence-corrected chi connectivity index (χ0v) is 11.2. The summed E-state index contributed by atoms with van der Waals surface area (Å²) >= 11 is 0. The van der Waals surface area contributed by atoms with Crippen LogP contribution in [0.5, 0.6) is 0 Å². The summed E-state index contributed by atoms with van der Waals surface area (Å²) in [5, 5.41) is 3.86. The molecule has 0 aliphatic carbocycles. The second-order valence-corrected chi connectivity index (χ2v) is 4.67. The average molecular weight is 265 g/mol. The number of hydrogen-bond acceptors (Lipinski definition) is 2. The lowest BCUT2D eigenvalue weighted by molar-refractivity contribution is 0.0951. The Morgan fingerprint density at radius 1 is 1.20 bits per heavy atom. The van der Waals surface area contributed by atoms with Crippen LogP contribution in [0.3, 0.4) is 0 Å². The van der Waals surface area contributed by atoms with Crippen LogP contribution in [0.2, 0.25) is 0 Å². The fraction of sp³-hybridized carbons (Fsp3) is 0.125. The molecular weight excluding hydrogens is 250 g/mol. The molecule has 0 atom stereocenters. The highest BCUT2D eigenvalue weighted by molar-refractivity contribution is 6.08. The number of para-hydroxylation sites is 1. The maximum atomic E-state index is 12.4. The van der Waals surface area contributed by atoms with Crippen molar-refractivity contribution < 1.29 is 4.79 Å². The number of carbonyl (C=O) groups excluding carboxylic acids is 1. The number of amides is 1. The molecule has 0 radical (unpaired) electrons. The van der Waals surface area contributed by atoms with E-state index in [1.54, 1.807) is 6.20 Å². The molecule has 100 valence electrons. The number of nitrogens with zero attached hydrogens (tertiary/aromatic N) is 1. The molecule has 0 saturated carbocycles. The molecule has 0 saturated heterocycles. The van der Waals surface area contributed by atoms with Gasteiger partial charge in [0.25, 0.3) is 5.91 Å². The van der Waals surface area contributed by atoms with Crippen LogP contribution in [0.25, 0.3) is 10.9 Å². The van der Waals surface area contributed by atoms with Crippen LogP contribution in [0.1, 0.15) is 21.7 Å². The number of benzene rings is 1. The Labute approximate surface area is 116 Å². The van der Waals surface area contributed by atoms with Gasteiger partial charge in [0.2, 0.25) is 0 Å². The number of rotatable bonds is 3. The van der Waals surface area contributed by atoms with Crippen molar-refractivity contribution in [1.29, 1.82) is 0 Å². The van der Waals surface area contributed by atoms with Crippen molar-refractivity contribution in [2.24, 2.45) is 0 Å². The number of fused-ring (bicyclic) bond motifs is 1. The van der Waals surface area contributed by atoms with Crippen LogP contribution < -0.4 is 5.32 Å². The molecule has 20 heavy (non-hydrogen) atoms. The minimum Gasteiger partial charge on any atom is -0.358 e. The number of pyridine rings is 1. The fourth-order valence-corrected chi connectivity index (χ4v) is 2.33. The molecule has 1 aromatic carbocycles. The van der Waals surface area contributed by atoms with Gasteiger partial charge in [-0.2, -0.15) is 0 Å². The first-order chi connectivity index (χ1) is 9.75. The van der Waals surface area contributed by atoms with E-state index in [2.05, 4.69) is 15.3 Å². The molecule has 0 bridgehead atoms. The first-order valence-corrected chi connectivity index (χ1v) is 6.51. The van der Waals surface area contributed by atoms with Gasteiger partial charge in [0.05, 0.1) is 17.8 Å². The van der Waals surface area contributed by atoms with Gasteiger partial charge in [-0.1, -0.05) is 24.3 Å². The molecular formula is C16H15N3O.